The van der Waals surface area contributed by atoms with Crippen LogP contribution in [-0.2, 0) is 14.3 Å². The van der Waals surface area contributed by atoms with Gasteiger partial charge in [0.15, 0.2) is 5.70 Å². The maximum Gasteiger partial charge on any atom is 0.363 e. The SMILES string of the molecule is CCCC(=O)Oc1ccc(/C=C2\N=C(c3ccc([N+](=O)[O-])c(C)c3)OC2=O)cc1. The van der Waals surface area contributed by atoms with Crippen LogP contribution in [0.3, 0.4) is 0 Å². The summed E-state index contributed by atoms with van der Waals surface area (Å²) in [4.78, 5) is 38.3. The highest BCUT2D eigenvalue weighted by atomic mass is 16.6. The van der Waals surface area contributed by atoms with Crippen molar-refractivity contribution in [1.82, 2.24) is 0 Å². The van der Waals surface area contributed by atoms with Crippen LogP contribution in [0.2, 0.25) is 0 Å². The van der Waals surface area contributed by atoms with E-state index >= 15 is 0 Å². The number of carbonyl (C=O) groups is 2. The van der Waals surface area contributed by atoms with E-state index in [0.717, 1.165) is 0 Å². The highest BCUT2D eigenvalue weighted by Crippen LogP contribution is 2.24. The molecule has 0 atom stereocenters. The average Bonchev–Trinajstić information content (AvgIpc) is 3.03. The van der Waals surface area contributed by atoms with Crippen LogP contribution in [-0.4, -0.2) is 22.8 Å². The lowest BCUT2D eigenvalue weighted by atomic mass is 10.1. The number of nitro benzene ring substituents is 1. The molecule has 8 heteroatoms. The van der Waals surface area contributed by atoms with Crippen molar-refractivity contribution < 1.29 is 24.0 Å². The maximum atomic E-state index is 12.1. The van der Waals surface area contributed by atoms with Crippen molar-refractivity contribution in [2.24, 2.45) is 4.99 Å². The molecule has 0 N–H and O–H groups in total. The van der Waals surface area contributed by atoms with Gasteiger partial charge in [-0.3, -0.25) is 14.9 Å². The maximum absolute atomic E-state index is 12.1. The van der Waals surface area contributed by atoms with Gasteiger partial charge in [0.2, 0.25) is 5.90 Å². The quantitative estimate of drug-likeness (QED) is 0.241. The van der Waals surface area contributed by atoms with E-state index in [9.17, 15) is 19.7 Å². The molecule has 0 amide bonds. The summed E-state index contributed by atoms with van der Waals surface area (Å²) in [6.45, 7) is 3.49. The molecule has 0 saturated carbocycles. The third-order valence-corrected chi connectivity index (χ3v) is 4.13. The topological polar surface area (TPSA) is 108 Å². The molecule has 0 unspecified atom stereocenters. The minimum atomic E-state index is -0.616. The molecule has 29 heavy (non-hydrogen) atoms. The summed E-state index contributed by atoms with van der Waals surface area (Å²) < 4.78 is 10.4. The summed E-state index contributed by atoms with van der Waals surface area (Å²) >= 11 is 0. The van der Waals surface area contributed by atoms with Crippen molar-refractivity contribution in [2.75, 3.05) is 0 Å². The van der Waals surface area contributed by atoms with Gasteiger partial charge in [0.25, 0.3) is 5.69 Å². The lowest BCUT2D eigenvalue weighted by Crippen LogP contribution is -2.06. The minimum Gasteiger partial charge on any atom is -0.427 e. The first-order chi connectivity index (χ1) is 13.9. The minimum absolute atomic E-state index is 0.0193. The Hall–Kier alpha value is -3.81. The highest BCUT2D eigenvalue weighted by Gasteiger charge is 2.25. The summed E-state index contributed by atoms with van der Waals surface area (Å²) in [6, 6.07) is 11.0. The Balaban J connectivity index is 1.79. The Morgan fingerprint density at radius 2 is 1.97 bits per heavy atom. The van der Waals surface area contributed by atoms with Crippen LogP contribution in [0.15, 0.2) is 53.2 Å². The summed E-state index contributed by atoms with van der Waals surface area (Å²) in [7, 11) is 0. The Labute approximate surface area is 166 Å². The molecule has 0 aliphatic carbocycles. The number of cyclic esters (lactones) is 1. The number of carbonyl (C=O) groups excluding carboxylic acids is 2. The van der Waals surface area contributed by atoms with E-state index in [-0.39, 0.29) is 23.3 Å². The van der Waals surface area contributed by atoms with E-state index in [4.69, 9.17) is 9.47 Å². The number of benzene rings is 2. The van der Waals surface area contributed by atoms with Gasteiger partial charge in [0.05, 0.1) is 4.92 Å². The van der Waals surface area contributed by atoms with Gasteiger partial charge in [-0.2, -0.15) is 0 Å². The molecule has 0 aromatic heterocycles. The van der Waals surface area contributed by atoms with E-state index in [2.05, 4.69) is 4.99 Å². The molecule has 2 aromatic rings. The molecule has 0 spiro atoms. The molecular weight excluding hydrogens is 376 g/mol. The van der Waals surface area contributed by atoms with Crippen molar-refractivity contribution in [1.29, 1.82) is 0 Å². The van der Waals surface area contributed by atoms with Crippen LogP contribution in [0.4, 0.5) is 5.69 Å². The first-order valence-electron chi connectivity index (χ1n) is 8.96. The molecule has 0 bridgehead atoms. The predicted molar refractivity (Wildman–Crippen MR) is 105 cm³/mol. The number of nitrogens with zero attached hydrogens (tertiary/aromatic N) is 2. The normalized spacial score (nSPS) is 14.5. The lowest BCUT2D eigenvalue weighted by Gasteiger charge is -2.03. The number of ether oxygens (including phenoxy) is 2. The second-order valence-corrected chi connectivity index (χ2v) is 6.39. The predicted octanol–water partition coefficient (Wildman–Crippen LogP) is 3.95. The second kappa shape index (κ2) is 8.47. The van der Waals surface area contributed by atoms with Crippen LogP contribution in [0.1, 0.15) is 36.5 Å². The lowest BCUT2D eigenvalue weighted by molar-refractivity contribution is -0.385. The number of rotatable bonds is 6. The monoisotopic (exact) mass is 394 g/mol. The summed E-state index contributed by atoms with van der Waals surface area (Å²) in [5, 5.41) is 10.9. The van der Waals surface area contributed by atoms with E-state index in [1.807, 2.05) is 6.92 Å². The molecule has 0 radical (unpaired) electrons. The molecule has 1 heterocycles. The smallest absolute Gasteiger partial charge is 0.363 e. The Kier molecular flexibility index (Phi) is 5.82. The van der Waals surface area contributed by atoms with Gasteiger partial charge in [-0.1, -0.05) is 19.1 Å². The number of hydrogen-bond donors (Lipinski definition) is 0. The zero-order valence-electron chi connectivity index (χ0n) is 15.9. The van der Waals surface area contributed by atoms with E-state index in [1.54, 1.807) is 43.3 Å². The molecule has 3 rings (SSSR count). The van der Waals surface area contributed by atoms with E-state index in [1.165, 1.54) is 12.1 Å². The number of aryl methyl sites for hydroxylation is 1. The van der Waals surface area contributed by atoms with Crippen LogP contribution in [0.25, 0.3) is 6.08 Å². The van der Waals surface area contributed by atoms with Crippen molar-refractivity contribution in [2.45, 2.75) is 26.7 Å². The highest BCUT2D eigenvalue weighted by molar-refractivity contribution is 6.13. The first kappa shape index (κ1) is 19.9. The van der Waals surface area contributed by atoms with Gasteiger partial charge < -0.3 is 9.47 Å². The average molecular weight is 394 g/mol. The van der Waals surface area contributed by atoms with Crippen molar-refractivity contribution in [3.05, 3.63) is 75.0 Å². The first-order valence-corrected chi connectivity index (χ1v) is 8.96. The van der Waals surface area contributed by atoms with Crippen molar-refractivity contribution in [3.8, 4) is 5.75 Å². The number of hydrogen-bond acceptors (Lipinski definition) is 7. The third kappa shape index (κ3) is 4.73. The molecule has 1 aliphatic heterocycles. The van der Waals surface area contributed by atoms with Crippen molar-refractivity contribution in [3.63, 3.8) is 0 Å². The third-order valence-electron chi connectivity index (χ3n) is 4.13. The van der Waals surface area contributed by atoms with Crippen molar-refractivity contribution >= 4 is 29.6 Å². The fourth-order valence-corrected chi connectivity index (χ4v) is 2.70. The molecule has 148 valence electrons. The molecular formula is C21H18N2O6. The number of esters is 2. The summed E-state index contributed by atoms with van der Waals surface area (Å²) in [6.07, 6.45) is 2.60. The van der Waals surface area contributed by atoms with E-state index < -0.39 is 10.9 Å². The molecule has 2 aromatic carbocycles. The largest absolute Gasteiger partial charge is 0.427 e. The Morgan fingerprint density at radius 1 is 1.24 bits per heavy atom. The zero-order valence-corrected chi connectivity index (χ0v) is 15.9. The molecule has 1 aliphatic rings. The van der Waals surface area contributed by atoms with Crippen LogP contribution in [0.5, 0.6) is 5.75 Å². The Morgan fingerprint density at radius 3 is 2.59 bits per heavy atom. The van der Waals surface area contributed by atoms with Gasteiger partial charge in [-0.25, -0.2) is 9.79 Å². The van der Waals surface area contributed by atoms with Gasteiger partial charge in [0, 0.05) is 23.6 Å². The summed E-state index contributed by atoms with van der Waals surface area (Å²) in [5.74, 6) is -0.408. The van der Waals surface area contributed by atoms with Crippen LogP contribution < -0.4 is 4.74 Å². The summed E-state index contributed by atoms with van der Waals surface area (Å²) in [5.41, 5.74) is 1.68. The van der Waals surface area contributed by atoms with Gasteiger partial charge in [-0.15, -0.1) is 0 Å². The van der Waals surface area contributed by atoms with Crippen LogP contribution in [0, 0.1) is 17.0 Å². The fourth-order valence-electron chi connectivity index (χ4n) is 2.70. The second-order valence-electron chi connectivity index (χ2n) is 6.39. The molecule has 0 saturated heterocycles. The fraction of sp³-hybridized carbons (Fsp3) is 0.190. The molecule has 8 nitrogen and oxygen atoms in total. The standard InChI is InChI=1S/C21H18N2O6/c1-3-4-19(24)28-16-8-5-14(6-9-16)12-17-21(25)29-20(22-17)15-7-10-18(23(26)27)13(2)11-15/h5-12H,3-4H2,1-2H3/b17-12-. The number of nitro groups is 1. The number of aliphatic imine (C=N–C) groups is 1. The zero-order chi connectivity index (χ0) is 21.0. The van der Waals surface area contributed by atoms with Gasteiger partial charge >= 0.3 is 11.9 Å². The van der Waals surface area contributed by atoms with Gasteiger partial charge in [0.1, 0.15) is 5.75 Å². The van der Waals surface area contributed by atoms with Crippen LogP contribution >= 0.6 is 0 Å². The van der Waals surface area contributed by atoms with Gasteiger partial charge in [-0.05, 0) is 49.2 Å². The van der Waals surface area contributed by atoms with E-state index in [0.29, 0.717) is 35.3 Å². The Bertz CT molecular complexity index is 1040. The molecule has 0 fully saturated rings.